The zero-order valence-corrected chi connectivity index (χ0v) is 29.5. The number of ketones is 1. The minimum Gasteiger partial charge on any atom is -0.462 e. The van der Waals surface area contributed by atoms with Crippen LogP contribution in [0.2, 0.25) is 0 Å². The number of rotatable bonds is 28. The van der Waals surface area contributed by atoms with E-state index in [2.05, 4.69) is 18.4 Å². The van der Waals surface area contributed by atoms with Crippen molar-refractivity contribution in [3.63, 3.8) is 0 Å². The molecule has 0 unspecified atom stereocenters. The first-order valence-electron chi connectivity index (χ1n) is 17.7. The summed E-state index contributed by atoms with van der Waals surface area (Å²) in [6.45, 7) is 3.30. The van der Waals surface area contributed by atoms with Gasteiger partial charge in [0.15, 0.2) is 6.10 Å². The standard InChI is InChI=1S/C35H61O11P/c1-3-5-7-8-9-10-11-12-17-21-34(39)44-26-29(27-45-47(41,42)43)46-35(40)22-18-14-13-16-20-30-31(33(38)25-32(30)37)24-23-28(36)19-15-6-4-2/h13,16,23-24,28-32,36-37H,3-12,14-15,17-22,25-27H2,1-2H3,(H2,41,42,43)/b16-13-,24-23+/t28-,29+,30+,31+,32-/m0/s1. The first-order valence-corrected chi connectivity index (χ1v) is 19.3. The number of hydrogen-bond acceptors (Lipinski definition) is 9. The van der Waals surface area contributed by atoms with E-state index in [1.165, 1.54) is 32.1 Å². The number of carbonyl (C=O) groups excluding carboxylic acids is 3. The molecule has 272 valence electrons. The number of ether oxygens (including phenoxy) is 2. The Bertz CT molecular complexity index is 977. The molecular formula is C35H61O11P. The second kappa shape index (κ2) is 26.0. The number of esters is 2. The number of carbonyl (C=O) groups is 3. The summed E-state index contributed by atoms with van der Waals surface area (Å²) in [5, 5.41) is 20.6. The molecule has 1 saturated carbocycles. The zero-order valence-electron chi connectivity index (χ0n) is 28.6. The highest BCUT2D eigenvalue weighted by Gasteiger charge is 2.39. The highest BCUT2D eigenvalue weighted by molar-refractivity contribution is 7.46. The normalized spacial score (nSPS) is 19.9. The Morgan fingerprint density at radius 1 is 0.872 bits per heavy atom. The molecule has 0 aliphatic heterocycles. The van der Waals surface area contributed by atoms with E-state index in [1.807, 2.05) is 12.2 Å². The molecule has 0 spiro atoms. The van der Waals surface area contributed by atoms with Gasteiger partial charge >= 0.3 is 19.8 Å². The Morgan fingerprint density at radius 3 is 2.15 bits per heavy atom. The molecule has 0 aromatic carbocycles. The maximum absolute atomic E-state index is 12.4. The lowest BCUT2D eigenvalue weighted by Crippen LogP contribution is -2.29. The van der Waals surface area contributed by atoms with Crippen LogP contribution >= 0.6 is 7.82 Å². The largest absolute Gasteiger partial charge is 0.469 e. The second-order valence-corrected chi connectivity index (χ2v) is 13.9. The highest BCUT2D eigenvalue weighted by Crippen LogP contribution is 2.36. The number of Topliss-reactive ketones (excluding diaryl/α,β-unsaturated/α-hetero) is 1. The Balaban J connectivity index is 2.41. The third-order valence-corrected chi connectivity index (χ3v) is 8.84. The van der Waals surface area contributed by atoms with Crippen molar-refractivity contribution >= 4 is 25.5 Å². The predicted octanol–water partition coefficient (Wildman–Crippen LogP) is 6.65. The molecule has 0 bridgehead atoms. The van der Waals surface area contributed by atoms with Crippen molar-refractivity contribution < 1.29 is 52.9 Å². The fourth-order valence-corrected chi connectivity index (χ4v) is 5.95. The van der Waals surface area contributed by atoms with Gasteiger partial charge in [-0.2, -0.15) is 0 Å². The van der Waals surface area contributed by atoms with Crippen LogP contribution in [0.4, 0.5) is 0 Å². The van der Waals surface area contributed by atoms with Crippen LogP contribution in [0.15, 0.2) is 24.3 Å². The molecule has 0 amide bonds. The van der Waals surface area contributed by atoms with Gasteiger partial charge < -0.3 is 29.5 Å². The molecule has 1 aliphatic rings. The van der Waals surface area contributed by atoms with Crippen molar-refractivity contribution in [1.29, 1.82) is 0 Å². The van der Waals surface area contributed by atoms with Crippen molar-refractivity contribution in [2.75, 3.05) is 13.2 Å². The lowest BCUT2D eigenvalue weighted by molar-refractivity contribution is -0.161. The molecule has 0 aromatic heterocycles. The molecule has 1 fully saturated rings. The van der Waals surface area contributed by atoms with Crippen LogP contribution in [0, 0.1) is 11.8 Å². The van der Waals surface area contributed by atoms with Crippen LogP contribution in [-0.4, -0.2) is 69.2 Å². The van der Waals surface area contributed by atoms with E-state index >= 15 is 0 Å². The maximum Gasteiger partial charge on any atom is 0.469 e. The van der Waals surface area contributed by atoms with Crippen LogP contribution in [-0.2, 0) is 32.9 Å². The molecule has 11 nitrogen and oxygen atoms in total. The van der Waals surface area contributed by atoms with Gasteiger partial charge in [-0.05, 0) is 32.1 Å². The fourth-order valence-electron chi connectivity index (χ4n) is 5.59. The number of allylic oxidation sites excluding steroid dienone is 3. The summed E-state index contributed by atoms with van der Waals surface area (Å²) in [5.74, 6) is -1.85. The molecule has 1 aliphatic carbocycles. The molecule has 12 heteroatoms. The fraction of sp³-hybridized carbons (Fsp3) is 0.800. The summed E-state index contributed by atoms with van der Waals surface area (Å²) in [6.07, 6.45) is 20.0. The van der Waals surface area contributed by atoms with Gasteiger partial charge in [0, 0.05) is 31.1 Å². The summed E-state index contributed by atoms with van der Waals surface area (Å²) >= 11 is 0. The number of phosphoric acid groups is 1. The zero-order chi connectivity index (χ0) is 34.9. The predicted molar refractivity (Wildman–Crippen MR) is 180 cm³/mol. The highest BCUT2D eigenvalue weighted by atomic mass is 31.2. The van der Waals surface area contributed by atoms with Gasteiger partial charge in [0.25, 0.3) is 0 Å². The van der Waals surface area contributed by atoms with E-state index in [0.717, 1.165) is 38.5 Å². The Morgan fingerprint density at radius 2 is 1.49 bits per heavy atom. The lowest BCUT2D eigenvalue weighted by Gasteiger charge is -2.18. The topological polar surface area (TPSA) is 177 Å². The molecule has 0 radical (unpaired) electrons. The third-order valence-electron chi connectivity index (χ3n) is 8.35. The van der Waals surface area contributed by atoms with Crippen molar-refractivity contribution in [2.45, 2.75) is 154 Å². The van der Waals surface area contributed by atoms with Crippen molar-refractivity contribution in [2.24, 2.45) is 11.8 Å². The Hall–Kier alpha value is -1.88. The molecular weight excluding hydrogens is 627 g/mol. The van der Waals surface area contributed by atoms with E-state index in [0.29, 0.717) is 32.1 Å². The molecule has 4 N–H and O–H groups in total. The monoisotopic (exact) mass is 688 g/mol. The van der Waals surface area contributed by atoms with Crippen LogP contribution < -0.4 is 0 Å². The van der Waals surface area contributed by atoms with Crippen LogP contribution in [0.3, 0.4) is 0 Å². The summed E-state index contributed by atoms with van der Waals surface area (Å²) in [4.78, 5) is 55.1. The summed E-state index contributed by atoms with van der Waals surface area (Å²) < 4.78 is 26.2. The number of aliphatic hydroxyl groups excluding tert-OH is 2. The summed E-state index contributed by atoms with van der Waals surface area (Å²) in [7, 11) is -4.82. The lowest BCUT2D eigenvalue weighted by atomic mass is 9.90. The van der Waals surface area contributed by atoms with Gasteiger partial charge in [-0.15, -0.1) is 0 Å². The van der Waals surface area contributed by atoms with Gasteiger partial charge in [0.1, 0.15) is 12.4 Å². The van der Waals surface area contributed by atoms with E-state index in [9.17, 15) is 29.2 Å². The van der Waals surface area contributed by atoms with Gasteiger partial charge in [-0.1, -0.05) is 109 Å². The van der Waals surface area contributed by atoms with Crippen LogP contribution in [0.25, 0.3) is 0 Å². The molecule has 1 rings (SSSR count). The Kier molecular flexibility index (Phi) is 23.9. The average Bonchev–Trinajstić information content (AvgIpc) is 3.29. The van der Waals surface area contributed by atoms with Gasteiger partial charge in [0.05, 0.1) is 18.8 Å². The minimum atomic E-state index is -4.82. The van der Waals surface area contributed by atoms with E-state index in [4.69, 9.17) is 19.3 Å². The van der Waals surface area contributed by atoms with E-state index in [1.54, 1.807) is 12.2 Å². The molecule has 47 heavy (non-hydrogen) atoms. The molecule has 0 heterocycles. The third kappa shape index (κ3) is 22.4. The molecule has 5 atom stereocenters. The van der Waals surface area contributed by atoms with E-state index in [-0.39, 0.29) is 37.6 Å². The van der Waals surface area contributed by atoms with Crippen LogP contribution in [0.5, 0.6) is 0 Å². The first kappa shape index (κ1) is 43.1. The van der Waals surface area contributed by atoms with Gasteiger partial charge in [-0.25, -0.2) is 4.57 Å². The van der Waals surface area contributed by atoms with Crippen LogP contribution in [0.1, 0.15) is 136 Å². The molecule has 0 aromatic rings. The number of hydrogen-bond donors (Lipinski definition) is 4. The van der Waals surface area contributed by atoms with E-state index < -0.39 is 50.6 Å². The van der Waals surface area contributed by atoms with Crippen molar-refractivity contribution in [3.8, 4) is 0 Å². The van der Waals surface area contributed by atoms with Gasteiger partial charge in [-0.3, -0.25) is 18.9 Å². The number of aliphatic hydroxyl groups is 2. The summed E-state index contributed by atoms with van der Waals surface area (Å²) in [6, 6.07) is 0. The first-order chi connectivity index (χ1) is 22.5. The average molecular weight is 689 g/mol. The maximum atomic E-state index is 12.4. The number of unbranched alkanes of at least 4 members (excludes halogenated alkanes) is 11. The minimum absolute atomic E-state index is 0.0228. The quantitative estimate of drug-likeness (QED) is 0.0299. The molecule has 0 saturated heterocycles. The van der Waals surface area contributed by atoms with Crippen molar-refractivity contribution in [1.82, 2.24) is 0 Å². The van der Waals surface area contributed by atoms with Crippen molar-refractivity contribution in [3.05, 3.63) is 24.3 Å². The van der Waals surface area contributed by atoms with Gasteiger partial charge in [0.2, 0.25) is 0 Å². The SMILES string of the molecule is CCCCCCCCCCCC(=O)OC[C@H](COP(=O)(O)O)OC(=O)CCC/C=C\C[C@H]1[C@@H](O)CC(=O)[C@@H]1/C=C/[C@@H](O)CCCCC. The Labute approximate surface area is 281 Å². The number of phosphoric ester groups is 1. The summed E-state index contributed by atoms with van der Waals surface area (Å²) in [5.41, 5.74) is 0. The smallest absolute Gasteiger partial charge is 0.462 e. The second-order valence-electron chi connectivity index (χ2n) is 12.6.